The van der Waals surface area contributed by atoms with Gasteiger partial charge >= 0.3 is 18.0 Å². The zero-order valence-corrected chi connectivity index (χ0v) is 14.7. The highest BCUT2D eigenvalue weighted by Crippen LogP contribution is 2.48. The topological polar surface area (TPSA) is 62.7 Å². The number of rotatable bonds is 4. The molecule has 1 aliphatic rings. The molecule has 0 aliphatic carbocycles. The fraction of sp³-hybridized carbons (Fsp3) is 0.333. The van der Waals surface area contributed by atoms with Crippen molar-refractivity contribution in [2.45, 2.75) is 31.7 Å². The Morgan fingerprint density at radius 3 is 2.50 bits per heavy atom. The summed E-state index contributed by atoms with van der Waals surface area (Å²) in [5.74, 6) is -5.85. The number of carbonyl (C=O) groups excluding carboxylic acids is 1. The van der Waals surface area contributed by atoms with Crippen LogP contribution in [-0.4, -0.2) is 23.1 Å². The van der Waals surface area contributed by atoms with Gasteiger partial charge in [0.2, 0.25) is 5.88 Å². The van der Waals surface area contributed by atoms with Crippen LogP contribution in [0.25, 0.3) is 0 Å². The average Bonchev–Trinajstić information content (AvgIpc) is 2.82. The molecule has 0 radical (unpaired) electrons. The normalized spacial score (nSPS) is 16.9. The van der Waals surface area contributed by atoms with Crippen molar-refractivity contribution in [1.82, 2.24) is 4.98 Å². The van der Waals surface area contributed by atoms with Gasteiger partial charge in [-0.05, 0) is 30.7 Å². The third-order valence-corrected chi connectivity index (χ3v) is 4.39. The lowest BCUT2D eigenvalue weighted by Crippen LogP contribution is -2.34. The van der Waals surface area contributed by atoms with Gasteiger partial charge < -0.3 is 14.7 Å². The van der Waals surface area contributed by atoms with Crippen LogP contribution in [0.3, 0.4) is 0 Å². The second-order valence-electron chi connectivity index (χ2n) is 6.25. The molecule has 10 heteroatoms. The van der Waals surface area contributed by atoms with E-state index in [0.717, 1.165) is 18.1 Å². The molecule has 1 amide bonds. The molecule has 0 unspecified atom stereocenters. The Hall–Kier alpha value is -2.75. The summed E-state index contributed by atoms with van der Waals surface area (Å²) in [4.78, 5) is 16.4. The summed E-state index contributed by atoms with van der Waals surface area (Å²) in [5, 5.41) is 9.77. The number of carbonyl (C=O) groups is 1. The van der Waals surface area contributed by atoms with Crippen LogP contribution in [0.5, 0.6) is 5.88 Å². The molecular formula is C18H15F5N2O3. The maximum absolute atomic E-state index is 14.6. The van der Waals surface area contributed by atoms with Crippen LogP contribution in [-0.2, 0) is 23.4 Å². The quantitative estimate of drug-likeness (QED) is 0.791. The van der Waals surface area contributed by atoms with Gasteiger partial charge in [-0.15, -0.1) is 0 Å². The van der Waals surface area contributed by atoms with E-state index in [1.165, 1.54) is 25.1 Å². The highest BCUT2D eigenvalue weighted by atomic mass is 19.4. The first-order valence-corrected chi connectivity index (χ1v) is 8.10. The van der Waals surface area contributed by atoms with E-state index in [9.17, 15) is 31.9 Å². The summed E-state index contributed by atoms with van der Waals surface area (Å²) in [6, 6.07) is 5.68. The Balaban J connectivity index is 2.06. The molecule has 1 aliphatic heterocycles. The van der Waals surface area contributed by atoms with Gasteiger partial charge in [0.05, 0.1) is 31.0 Å². The van der Waals surface area contributed by atoms with Crippen molar-refractivity contribution in [3.63, 3.8) is 0 Å². The first-order valence-electron chi connectivity index (χ1n) is 8.10. The van der Waals surface area contributed by atoms with Crippen LogP contribution in [0, 0.1) is 0 Å². The minimum atomic E-state index is -4.71. The molecule has 0 saturated heterocycles. The van der Waals surface area contributed by atoms with Crippen molar-refractivity contribution in [1.29, 1.82) is 0 Å². The lowest BCUT2D eigenvalue weighted by molar-refractivity contribution is -0.142. The summed E-state index contributed by atoms with van der Waals surface area (Å²) >= 11 is 0. The van der Waals surface area contributed by atoms with Crippen LogP contribution in [0.4, 0.5) is 27.6 Å². The minimum absolute atomic E-state index is 0.0231. The summed E-state index contributed by atoms with van der Waals surface area (Å²) in [7, 11) is 1.09. The highest BCUT2D eigenvalue weighted by molar-refractivity contribution is 6.06. The molecule has 28 heavy (non-hydrogen) atoms. The van der Waals surface area contributed by atoms with Crippen molar-refractivity contribution in [2.75, 3.05) is 12.0 Å². The SMILES string of the molecule is COc1nc(C(F)(F)F)ccc1CN1C(=O)C(F)(F)c2c([C@H](C)O)cccc21. The standard InChI is InChI=1S/C18H15F5N2O3/c1-9(26)11-4-3-5-12-14(11)17(19,20)16(27)25(12)8-10-6-7-13(18(21,22)23)24-15(10)28-2/h3-7,9,26H,8H2,1-2H3/t9-/m0/s1. The Morgan fingerprint density at radius 2 is 1.93 bits per heavy atom. The maximum Gasteiger partial charge on any atom is 0.433 e. The van der Waals surface area contributed by atoms with Gasteiger partial charge in [0, 0.05) is 5.56 Å². The lowest BCUT2D eigenvalue weighted by atomic mass is 9.98. The number of amides is 1. The molecule has 0 fully saturated rings. The molecule has 3 rings (SSSR count). The van der Waals surface area contributed by atoms with E-state index >= 15 is 0 Å². The molecule has 2 aromatic rings. The van der Waals surface area contributed by atoms with Crippen molar-refractivity contribution >= 4 is 11.6 Å². The Bertz CT molecular complexity index is 928. The number of nitrogens with zero attached hydrogens (tertiary/aromatic N) is 2. The largest absolute Gasteiger partial charge is 0.481 e. The van der Waals surface area contributed by atoms with Gasteiger partial charge in [-0.25, -0.2) is 4.98 Å². The van der Waals surface area contributed by atoms with Gasteiger partial charge in [0.15, 0.2) is 0 Å². The van der Waals surface area contributed by atoms with E-state index in [-0.39, 0.29) is 16.8 Å². The smallest absolute Gasteiger partial charge is 0.433 e. The van der Waals surface area contributed by atoms with Gasteiger partial charge in [0.1, 0.15) is 5.69 Å². The van der Waals surface area contributed by atoms with Gasteiger partial charge in [-0.3, -0.25) is 4.79 Å². The fourth-order valence-corrected chi connectivity index (χ4v) is 3.11. The number of benzene rings is 1. The molecular weight excluding hydrogens is 387 g/mol. The number of hydrogen-bond donors (Lipinski definition) is 1. The zero-order valence-electron chi connectivity index (χ0n) is 14.7. The van der Waals surface area contributed by atoms with Gasteiger partial charge in [0.25, 0.3) is 0 Å². The van der Waals surface area contributed by atoms with E-state index in [4.69, 9.17) is 4.74 Å². The zero-order chi connectivity index (χ0) is 20.9. The van der Waals surface area contributed by atoms with Crippen LogP contribution >= 0.6 is 0 Å². The number of hydrogen-bond acceptors (Lipinski definition) is 4. The lowest BCUT2D eigenvalue weighted by Gasteiger charge is -2.19. The molecule has 1 aromatic carbocycles. The molecule has 1 N–H and O–H groups in total. The Morgan fingerprint density at radius 1 is 1.25 bits per heavy atom. The highest BCUT2D eigenvalue weighted by Gasteiger charge is 2.54. The predicted molar refractivity (Wildman–Crippen MR) is 88.0 cm³/mol. The predicted octanol–water partition coefficient (Wildman–Crippen LogP) is 3.80. The summed E-state index contributed by atoms with van der Waals surface area (Å²) in [6.45, 7) is 0.820. The monoisotopic (exact) mass is 402 g/mol. The molecule has 1 atom stereocenters. The first kappa shape index (κ1) is 20.0. The molecule has 2 heterocycles. The van der Waals surface area contributed by atoms with Gasteiger partial charge in [-0.2, -0.15) is 22.0 Å². The maximum atomic E-state index is 14.6. The van der Waals surface area contributed by atoms with E-state index in [1.54, 1.807) is 0 Å². The number of methoxy groups -OCH3 is 1. The van der Waals surface area contributed by atoms with Crippen LogP contribution < -0.4 is 9.64 Å². The van der Waals surface area contributed by atoms with E-state index in [0.29, 0.717) is 6.07 Å². The summed E-state index contributed by atoms with van der Waals surface area (Å²) in [5.41, 5.74) is -2.03. The number of ether oxygens (including phenoxy) is 1. The van der Waals surface area contributed by atoms with E-state index in [2.05, 4.69) is 4.98 Å². The van der Waals surface area contributed by atoms with Crippen LogP contribution in [0.2, 0.25) is 0 Å². The van der Waals surface area contributed by atoms with Crippen LogP contribution in [0.15, 0.2) is 30.3 Å². The minimum Gasteiger partial charge on any atom is -0.481 e. The number of halogens is 5. The number of fused-ring (bicyclic) bond motifs is 1. The average molecular weight is 402 g/mol. The molecule has 5 nitrogen and oxygen atoms in total. The van der Waals surface area contributed by atoms with Crippen molar-refractivity contribution in [3.8, 4) is 5.88 Å². The molecule has 0 saturated carbocycles. The molecule has 0 spiro atoms. The second-order valence-corrected chi connectivity index (χ2v) is 6.25. The van der Waals surface area contributed by atoms with E-state index < -0.39 is 47.8 Å². The van der Waals surface area contributed by atoms with E-state index in [1.807, 2.05) is 0 Å². The fourth-order valence-electron chi connectivity index (χ4n) is 3.11. The summed E-state index contributed by atoms with van der Waals surface area (Å²) < 4.78 is 72.5. The van der Waals surface area contributed by atoms with Crippen molar-refractivity contribution in [2.24, 2.45) is 0 Å². The number of pyridine rings is 1. The third-order valence-electron chi connectivity index (χ3n) is 4.39. The number of aromatic nitrogens is 1. The number of aliphatic hydroxyl groups excluding tert-OH is 1. The van der Waals surface area contributed by atoms with Crippen LogP contribution in [0.1, 0.15) is 35.4 Å². The number of aliphatic hydroxyl groups is 1. The van der Waals surface area contributed by atoms with Crippen molar-refractivity contribution in [3.05, 3.63) is 52.7 Å². The second kappa shape index (κ2) is 6.69. The third kappa shape index (κ3) is 3.17. The molecule has 150 valence electrons. The molecule has 0 bridgehead atoms. The first-order chi connectivity index (χ1) is 13.0. The number of alkyl halides is 5. The van der Waals surface area contributed by atoms with Gasteiger partial charge in [-0.1, -0.05) is 12.1 Å². The molecule has 1 aromatic heterocycles. The summed E-state index contributed by atoms with van der Waals surface area (Å²) in [6.07, 6.45) is -5.95. The van der Waals surface area contributed by atoms with Crippen molar-refractivity contribution < 1.29 is 36.6 Å². The Labute approximate surface area is 156 Å². The Kier molecular flexibility index (Phi) is 4.78. The number of anilines is 1.